The molecule has 3 rings (SSSR count). The maximum Gasteiger partial charge on any atom is 0.339 e. The van der Waals surface area contributed by atoms with Gasteiger partial charge in [-0.3, -0.25) is 9.78 Å². The average Bonchev–Trinajstić information content (AvgIpc) is 3.06. The zero-order valence-electron chi connectivity index (χ0n) is 17.5. The Morgan fingerprint density at radius 3 is 2.53 bits per heavy atom. The van der Waals surface area contributed by atoms with Crippen molar-refractivity contribution >= 4 is 11.9 Å². The number of carbonyl (C=O) groups excluding carboxylic acids is 2. The van der Waals surface area contributed by atoms with Gasteiger partial charge in [-0.25, -0.2) is 4.79 Å². The molecule has 2 aromatic heterocycles. The molecule has 0 bridgehead atoms. The van der Waals surface area contributed by atoms with Gasteiger partial charge < -0.3 is 19.8 Å². The number of benzene rings is 1. The topological polar surface area (TPSA) is 93.3 Å². The van der Waals surface area contributed by atoms with Gasteiger partial charge in [0.05, 0.1) is 18.7 Å². The first kappa shape index (κ1) is 21.1. The normalized spacial score (nSPS) is 11.6. The van der Waals surface area contributed by atoms with Crippen molar-refractivity contribution in [2.75, 3.05) is 7.11 Å². The van der Waals surface area contributed by atoms with Gasteiger partial charge in [-0.05, 0) is 50.1 Å². The Morgan fingerprint density at radius 1 is 1.17 bits per heavy atom. The van der Waals surface area contributed by atoms with Crippen molar-refractivity contribution < 1.29 is 19.1 Å². The largest absolute Gasteiger partial charge is 0.489 e. The van der Waals surface area contributed by atoms with E-state index in [-0.39, 0.29) is 11.9 Å². The van der Waals surface area contributed by atoms with Gasteiger partial charge in [-0.2, -0.15) is 0 Å². The molecule has 0 saturated carbocycles. The SMILES string of the molecule is COC(=O)c1c(C)[nH]c(C(=O)NC(C)c2ccc(OCc3cccnc3)cc2)c1C. The lowest BCUT2D eigenvalue weighted by atomic mass is 10.1. The quantitative estimate of drug-likeness (QED) is 0.580. The summed E-state index contributed by atoms with van der Waals surface area (Å²) in [7, 11) is 1.32. The third-order valence-electron chi connectivity index (χ3n) is 4.91. The first-order valence-corrected chi connectivity index (χ1v) is 9.60. The molecule has 7 nitrogen and oxygen atoms in total. The van der Waals surface area contributed by atoms with Crippen LogP contribution in [0.4, 0.5) is 0 Å². The van der Waals surface area contributed by atoms with Crippen LogP contribution in [0.5, 0.6) is 5.75 Å². The summed E-state index contributed by atoms with van der Waals surface area (Å²) < 4.78 is 10.6. The zero-order chi connectivity index (χ0) is 21.7. The molecular weight excluding hydrogens is 382 g/mol. The third kappa shape index (κ3) is 4.68. The van der Waals surface area contributed by atoms with Crippen LogP contribution in [0, 0.1) is 13.8 Å². The van der Waals surface area contributed by atoms with E-state index in [2.05, 4.69) is 15.3 Å². The van der Waals surface area contributed by atoms with Crippen LogP contribution in [0.15, 0.2) is 48.8 Å². The number of carbonyl (C=O) groups is 2. The summed E-state index contributed by atoms with van der Waals surface area (Å²) >= 11 is 0. The highest BCUT2D eigenvalue weighted by Gasteiger charge is 2.23. The molecule has 0 aliphatic rings. The van der Waals surface area contributed by atoms with Crippen molar-refractivity contribution in [3.63, 3.8) is 0 Å². The van der Waals surface area contributed by atoms with Gasteiger partial charge in [-0.15, -0.1) is 0 Å². The number of rotatable bonds is 7. The Morgan fingerprint density at radius 2 is 1.90 bits per heavy atom. The number of hydrogen-bond acceptors (Lipinski definition) is 5. The average molecular weight is 407 g/mol. The molecule has 1 amide bonds. The van der Waals surface area contributed by atoms with Crippen LogP contribution >= 0.6 is 0 Å². The van der Waals surface area contributed by atoms with E-state index in [4.69, 9.17) is 9.47 Å². The molecule has 0 saturated heterocycles. The van der Waals surface area contributed by atoms with Crippen LogP contribution in [0.1, 0.15) is 56.2 Å². The number of pyridine rings is 1. The number of H-pyrrole nitrogens is 1. The van der Waals surface area contributed by atoms with E-state index in [0.717, 1.165) is 16.9 Å². The molecule has 1 atom stereocenters. The van der Waals surface area contributed by atoms with Crippen molar-refractivity contribution in [3.05, 3.63) is 82.4 Å². The maximum atomic E-state index is 12.7. The summed E-state index contributed by atoms with van der Waals surface area (Å²) in [5.41, 5.74) is 3.86. The van der Waals surface area contributed by atoms with Gasteiger partial charge in [0.2, 0.25) is 0 Å². The number of hydrogen-bond donors (Lipinski definition) is 2. The molecule has 0 fully saturated rings. The van der Waals surface area contributed by atoms with Crippen LogP contribution in [0.2, 0.25) is 0 Å². The number of aromatic amines is 1. The summed E-state index contributed by atoms with van der Waals surface area (Å²) in [6.07, 6.45) is 3.49. The second-order valence-electron chi connectivity index (χ2n) is 7.03. The molecule has 2 heterocycles. The lowest BCUT2D eigenvalue weighted by molar-refractivity contribution is 0.0599. The number of ether oxygens (including phenoxy) is 2. The molecule has 30 heavy (non-hydrogen) atoms. The number of esters is 1. The number of aromatic nitrogens is 2. The number of aryl methyl sites for hydroxylation is 1. The fraction of sp³-hybridized carbons (Fsp3) is 0.261. The number of nitrogens with one attached hydrogen (secondary N) is 2. The predicted molar refractivity (Wildman–Crippen MR) is 112 cm³/mol. The molecule has 156 valence electrons. The van der Waals surface area contributed by atoms with Crippen LogP contribution < -0.4 is 10.1 Å². The molecule has 0 aliphatic heterocycles. The second-order valence-corrected chi connectivity index (χ2v) is 7.03. The van der Waals surface area contributed by atoms with E-state index in [1.165, 1.54) is 7.11 Å². The van der Waals surface area contributed by atoms with Crippen LogP contribution in [-0.2, 0) is 11.3 Å². The summed E-state index contributed by atoms with van der Waals surface area (Å²) in [6.45, 7) is 5.80. The minimum Gasteiger partial charge on any atom is -0.489 e. The van der Waals surface area contributed by atoms with Crippen molar-refractivity contribution in [1.29, 1.82) is 0 Å². The summed E-state index contributed by atoms with van der Waals surface area (Å²) in [5.74, 6) is -0.00920. The molecule has 0 aliphatic carbocycles. The Kier molecular flexibility index (Phi) is 6.51. The Hall–Kier alpha value is -3.61. The second kappa shape index (κ2) is 9.26. The lowest BCUT2D eigenvalue weighted by Crippen LogP contribution is -2.27. The highest BCUT2D eigenvalue weighted by molar-refractivity contribution is 6.00. The molecule has 7 heteroatoms. The van der Waals surface area contributed by atoms with Crippen molar-refractivity contribution in [2.24, 2.45) is 0 Å². The third-order valence-corrected chi connectivity index (χ3v) is 4.91. The standard InChI is InChI=1S/C23H25N3O4/c1-14-20(23(28)29-4)16(3)25-21(14)22(27)26-15(2)18-7-9-19(10-8-18)30-13-17-6-5-11-24-12-17/h5-12,15,25H,13H2,1-4H3,(H,26,27). The molecule has 0 spiro atoms. The van der Waals surface area contributed by atoms with Gasteiger partial charge in [0.15, 0.2) is 0 Å². The fourth-order valence-electron chi connectivity index (χ4n) is 3.24. The first-order valence-electron chi connectivity index (χ1n) is 9.60. The zero-order valence-corrected chi connectivity index (χ0v) is 17.5. The van der Waals surface area contributed by atoms with Crippen molar-refractivity contribution in [2.45, 2.75) is 33.4 Å². The molecule has 1 unspecified atom stereocenters. The molecular formula is C23H25N3O4. The molecule has 3 aromatic rings. The van der Waals surface area contributed by atoms with Crippen LogP contribution in [0.3, 0.4) is 0 Å². The first-order chi connectivity index (χ1) is 14.4. The van der Waals surface area contributed by atoms with Crippen molar-refractivity contribution in [1.82, 2.24) is 15.3 Å². The van der Waals surface area contributed by atoms with Crippen molar-refractivity contribution in [3.8, 4) is 5.75 Å². The monoisotopic (exact) mass is 407 g/mol. The van der Waals surface area contributed by atoms with Gasteiger partial charge in [0.25, 0.3) is 5.91 Å². The van der Waals surface area contributed by atoms with Crippen LogP contribution in [0.25, 0.3) is 0 Å². The van der Waals surface area contributed by atoms with Gasteiger partial charge in [0.1, 0.15) is 18.1 Å². The van der Waals surface area contributed by atoms with E-state index >= 15 is 0 Å². The van der Waals surface area contributed by atoms with E-state index in [0.29, 0.717) is 29.1 Å². The predicted octanol–water partition coefficient (Wildman–Crippen LogP) is 3.88. The highest BCUT2D eigenvalue weighted by Crippen LogP contribution is 2.22. The van der Waals surface area contributed by atoms with Gasteiger partial charge in [0, 0.05) is 23.7 Å². The summed E-state index contributed by atoms with van der Waals surface area (Å²) in [5, 5.41) is 2.96. The lowest BCUT2D eigenvalue weighted by Gasteiger charge is -2.15. The maximum absolute atomic E-state index is 12.7. The van der Waals surface area contributed by atoms with E-state index < -0.39 is 5.97 Å². The highest BCUT2D eigenvalue weighted by atomic mass is 16.5. The Bertz CT molecular complexity index is 1030. The summed E-state index contributed by atoms with van der Waals surface area (Å²) in [6, 6.07) is 11.2. The molecule has 2 N–H and O–H groups in total. The minimum absolute atomic E-state index is 0.227. The summed E-state index contributed by atoms with van der Waals surface area (Å²) in [4.78, 5) is 31.7. The van der Waals surface area contributed by atoms with E-state index in [1.54, 1.807) is 26.2 Å². The fourth-order valence-corrected chi connectivity index (χ4v) is 3.24. The number of nitrogens with zero attached hydrogens (tertiary/aromatic N) is 1. The molecule has 0 radical (unpaired) electrons. The van der Waals surface area contributed by atoms with Crippen LogP contribution in [-0.4, -0.2) is 29.0 Å². The van der Waals surface area contributed by atoms with E-state index in [1.807, 2.05) is 43.3 Å². The van der Waals surface area contributed by atoms with Gasteiger partial charge in [-0.1, -0.05) is 18.2 Å². The number of amides is 1. The Balaban J connectivity index is 1.64. The minimum atomic E-state index is -0.463. The molecule has 1 aromatic carbocycles. The van der Waals surface area contributed by atoms with E-state index in [9.17, 15) is 9.59 Å². The number of methoxy groups -OCH3 is 1. The Labute approximate surface area is 175 Å². The smallest absolute Gasteiger partial charge is 0.339 e. The van der Waals surface area contributed by atoms with Gasteiger partial charge >= 0.3 is 5.97 Å².